The second kappa shape index (κ2) is 8.27. The lowest BCUT2D eigenvalue weighted by molar-refractivity contribution is -0.117. The summed E-state index contributed by atoms with van der Waals surface area (Å²) in [7, 11) is 0. The largest absolute Gasteiger partial charge is 0.354 e. The second-order valence-corrected chi connectivity index (χ2v) is 8.60. The van der Waals surface area contributed by atoms with E-state index in [1.54, 1.807) is 11.0 Å². The molecule has 10 heteroatoms. The lowest BCUT2D eigenvalue weighted by Gasteiger charge is -2.16. The van der Waals surface area contributed by atoms with Crippen LogP contribution in [0.25, 0.3) is 11.3 Å². The molecule has 2 fully saturated rings. The van der Waals surface area contributed by atoms with E-state index in [1.807, 2.05) is 31.3 Å². The number of rotatable bonds is 7. The van der Waals surface area contributed by atoms with Gasteiger partial charge in [-0.3, -0.25) is 9.59 Å². The first-order valence-electron chi connectivity index (χ1n) is 12.4. The number of anilines is 3. The molecule has 0 atom stereocenters. The molecule has 33 heavy (non-hydrogen) atoms. The SMILES string of the molecule is [2H]C([2H])([2H])NC(=O)c1nnc(NC(=O)C2CC2)cc1Nc1cc(C)cc(-c2cnn(C3CC3)n2)c1C. The predicted octanol–water partition coefficient (Wildman–Crippen LogP) is 3.14. The normalized spacial score (nSPS) is 17.0. The highest BCUT2D eigenvalue weighted by atomic mass is 16.2. The van der Waals surface area contributed by atoms with Gasteiger partial charge in [0.2, 0.25) is 5.91 Å². The number of nitrogens with one attached hydrogen (secondary N) is 3. The molecule has 3 aromatic rings. The number of amides is 2. The number of aryl methyl sites for hydroxylation is 1. The highest BCUT2D eigenvalue weighted by Crippen LogP contribution is 2.36. The molecule has 3 N–H and O–H groups in total. The summed E-state index contributed by atoms with van der Waals surface area (Å²) in [6.07, 6.45) is 5.52. The summed E-state index contributed by atoms with van der Waals surface area (Å²) in [5.74, 6) is -0.962. The fraction of sp³-hybridized carbons (Fsp3) is 0.391. The van der Waals surface area contributed by atoms with E-state index in [-0.39, 0.29) is 29.0 Å². The number of carbonyl (C=O) groups excluding carboxylic acids is 2. The van der Waals surface area contributed by atoms with Gasteiger partial charge in [0, 0.05) is 34.3 Å². The standard InChI is InChI=1S/C23H26N8O2/c1-12-8-16(19-11-25-31(30-19)15-6-7-15)13(2)17(9-12)26-18-10-20(27-22(32)14-4-5-14)28-29-21(18)23(33)24-3/h8-11,14-15H,4-7H2,1-3H3,(H,24,33)(H2,26,27,28,32)/i3D3. The van der Waals surface area contributed by atoms with Crippen molar-refractivity contribution >= 4 is 29.0 Å². The molecule has 2 saturated carbocycles. The van der Waals surface area contributed by atoms with Crippen molar-refractivity contribution in [3.8, 4) is 11.3 Å². The maximum Gasteiger partial charge on any atom is 0.273 e. The molecule has 0 spiro atoms. The molecule has 10 nitrogen and oxygen atoms in total. The van der Waals surface area contributed by atoms with Crippen molar-refractivity contribution in [2.24, 2.45) is 5.92 Å². The first-order chi connectivity index (χ1) is 17.1. The molecule has 2 amide bonds. The molecule has 0 bridgehead atoms. The number of hydrogen-bond donors (Lipinski definition) is 3. The summed E-state index contributed by atoms with van der Waals surface area (Å²) in [6.45, 7) is 1.16. The van der Waals surface area contributed by atoms with Crippen molar-refractivity contribution in [1.82, 2.24) is 30.5 Å². The summed E-state index contributed by atoms with van der Waals surface area (Å²) in [5, 5.41) is 24.7. The minimum Gasteiger partial charge on any atom is -0.354 e. The molecule has 5 rings (SSSR count). The van der Waals surface area contributed by atoms with E-state index in [4.69, 9.17) is 4.11 Å². The van der Waals surface area contributed by atoms with Crippen LogP contribution in [-0.4, -0.2) is 44.0 Å². The molecule has 2 aliphatic rings. The van der Waals surface area contributed by atoms with Crippen LogP contribution in [0.5, 0.6) is 0 Å². The third-order valence-electron chi connectivity index (χ3n) is 5.80. The van der Waals surface area contributed by atoms with Crippen molar-refractivity contribution < 1.29 is 13.7 Å². The van der Waals surface area contributed by atoms with E-state index < -0.39 is 12.9 Å². The van der Waals surface area contributed by atoms with E-state index in [9.17, 15) is 9.59 Å². The van der Waals surface area contributed by atoms with Gasteiger partial charge in [-0.1, -0.05) is 0 Å². The van der Waals surface area contributed by atoms with Crippen LogP contribution in [-0.2, 0) is 4.79 Å². The van der Waals surface area contributed by atoms with Gasteiger partial charge in [0.25, 0.3) is 5.91 Å². The molecule has 0 saturated heterocycles. The number of carbonyl (C=O) groups is 2. The second-order valence-electron chi connectivity index (χ2n) is 8.60. The van der Waals surface area contributed by atoms with Crippen molar-refractivity contribution in [3.63, 3.8) is 0 Å². The molecule has 170 valence electrons. The molecular weight excluding hydrogens is 420 g/mol. The summed E-state index contributed by atoms with van der Waals surface area (Å²) in [6, 6.07) is 5.74. The Hall–Kier alpha value is -3.82. The fourth-order valence-corrected chi connectivity index (χ4v) is 3.63. The van der Waals surface area contributed by atoms with Gasteiger partial charge in [0.15, 0.2) is 11.5 Å². The number of hydrogen-bond acceptors (Lipinski definition) is 7. The Morgan fingerprint density at radius 1 is 1.09 bits per heavy atom. The monoisotopic (exact) mass is 449 g/mol. The van der Waals surface area contributed by atoms with Gasteiger partial charge in [-0.25, -0.2) is 0 Å². The maximum atomic E-state index is 12.7. The molecule has 0 aliphatic heterocycles. The van der Waals surface area contributed by atoms with Gasteiger partial charge in [-0.15, -0.1) is 10.2 Å². The van der Waals surface area contributed by atoms with Crippen LogP contribution in [0.2, 0.25) is 0 Å². The molecule has 0 radical (unpaired) electrons. The van der Waals surface area contributed by atoms with Crippen LogP contribution in [0, 0.1) is 19.8 Å². The summed E-state index contributed by atoms with van der Waals surface area (Å²) in [5.41, 5.74) is 4.07. The maximum absolute atomic E-state index is 12.7. The quantitative estimate of drug-likeness (QED) is 0.506. The number of benzene rings is 1. The molecular formula is C23H26N8O2. The number of nitrogens with zero attached hydrogens (tertiary/aromatic N) is 5. The van der Waals surface area contributed by atoms with Gasteiger partial charge in [-0.2, -0.15) is 15.0 Å². The fourth-order valence-electron chi connectivity index (χ4n) is 3.63. The molecule has 2 aromatic heterocycles. The highest BCUT2D eigenvalue weighted by molar-refractivity contribution is 5.99. The Morgan fingerprint density at radius 2 is 1.91 bits per heavy atom. The van der Waals surface area contributed by atoms with E-state index in [0.717, 1.165) is 48.1 Å². The van der Waals surface area contributed by atoms with Crippen molar-refractivity contribution in [3.05, 3.63) is 41.2 Å². The van der Waals surface area contributed by atoms with Gasteiger partial charge in [-0.05, 0) is 62.8 Å². The highest BCUT2D eigenvalue weighted by Gasteiger charge is 2.30. The van der Waals surface area contributed by atoms with Crippen molar-refractivity contribution in [2.75, 3.05) is 17.6 Å². The average Bonchev–Trinajstić information content (AvgIpc) is 3.73. The zero-order chi connectivity index (χ0) is 25.6. The third kappa shape index (κ3) is 4.41. The van der Waals surface area contributed by atoms with Crippen LogP contribution in [0.1, 0.15) is 57.5 Å². The summed E-state index contributed by atoms with van der Waals surface area (Å²) < 4.78 is 22.1. The van der Waals surface area contributed by atoms with E-state index >= 15 is 0 Å². The first-order valence-corrected chi connectivity index (χ1v) is 10.9. The van der Waals surface area contributed by atoms with Crippen LogP contribution < -0.4 is 16.0 Å². The smallest absolute Gasteiger partial charge is 0.273 e. The zero-order valence-electron chi connectivity index (χ0n) is 21.3. The van der Waals surface area contributed by atoms with Gasteiger partial charge >= 0.3 is 0 Å². The Balaban J connectivity index is 1.50. The van der Waals surface area contributed by atoms with Crippen molar-refractivity contribution in [1.29, 1.82) is 0 Å². The average molecular weight is 450 g/mol. The Morgan fingerprint density at radius 3 is 2.64 bits per heavy atom. The molecule has 2 aliphatic carbocycles. The molecule has 1 aromatic carbocycles. The minimum absolute atomic E-state index is 0.0487. The van der Waals surface area contributed by atoms with Gasteiger partial charge in [0.05, 0.1) is 17.9 Å². The predicted molar refractivity (Wildman–Crippen MR) is 123 cm³/mol. The lowest BCUT2D eigenvalue weighted by Crippen LogP contribution is -2.22. The zero-order valence-corrected chi connectivity index (χ0v) is 18.3. The Kier molecular flexibility index (Phi) is 4.44. The van der Waals surface area contributed by atoms with Gasteiger partial charge in [0.1, 0.15) is 5.69 Å². The summed E-state index contributed by atoms with van der Waals surface area (Å²) >= 11 is 0. The van der Waals surface area contributed by atoms with E-state index in [2.05, 4.69) is 31.0 Å². The van der Waals surface area contributed by atoms with Crippen LogP contribution in [0.3, 0.4) is 0 Å². The summed E-state index contributed by atoms with van der Waals surface area (Å²) in [4.78, 5) is 26.7. The minimum atomic E-state index is -2.70. The lowest BCUT2D eigenvalue weighted by atomic mass is 10.0. The third-order valence-corrected chi connectivity index (χ3v) is 5.80. The Bertz CT molecular complexity index is 1350. The molecule has 0 unspecified atom stereocenters. The van der Waals surface area contributed by atoms with Crippen LogP contribution in [0.4, 0.5) is 17.2 Å². The first kappa shape index (κ1) is 17.7. The van der Waals surface area contributed by atoms with Crippen LogP contribution >= 0.6 is 0 Å². The topological polar surface area (TPSA) is 127 Å². The van der Waals surface area contributed by atoms with Gasteiger partial charge < -0.3 is 16.0 Å². The van der Waals surface area contributed by atoms with Crippen LogP contribution in [0.15, 0.2) is 24.4 Å². The number of aromatic nitrogens is 5. The van der Waals surface area contributed by atoms with E-state index in [0.29, 0.717) is 11.7 Å². The van der Waals surface area contributed by atoms with Crippen molar-refractivity contribution in [2.45, 2.75) is 45.6 Å². The molecule has 2 heterocycles. The van der Waals surface area contributed by atoms with E-state index in [1.165, 1.54) is 6.07 Å². The Labute approximate surface area is 195 Å².